The highest BCUT2D eigenvalue weighted by Crippen LogP contribution is 2.43. The molecule has 0 saturated heterocycles. The van der Waals surface area contributed by atoms with Crippen LogP contribution in [0.4, 0.5) is 0 Å². The van der Waals surface area contributed by atoms with Crippen LogP contribution in [-0.4, -0.2) is 81.6 Å². The molecule has 0 heterocycles. The molecule has 0 amide bonds. The van der Waals surface area contributed by atoms with Crippen LogP contribution in [0.2, 0.25) is 0 Å². The maximum atomic E-state index is 12.6. The van der Waals surface area contributed by atoms with Gasteiger partial charge in [0.15, 0.2) is 6.10 Å². The fourth-order valence-electron chi connectivity index (χ4n) is 5.47. The van der Waals surface area contributed by atoms with E-state index in [9.17, 15) is 33.8 Å². The van der Waals surface area contributed by atoms with Gasteiger partial charge in [0.05, 0.1) is 25.9 Å². The van der Waals surface area contributed by atoms with Crippen molar-refractivity contribution in [3.8, 4) is 0 Å². The van der Waals surface area contributed by atoms with Gasteiger partial charge in [-0.15, -0.1) is 0 Å². The third kappa shape index (κ3) is 39.1. The lowest BCUT2D eigenvalue weighted by Crippen LogP contribution is -2.30. The quantitative estimate of drug-likeness (QED) is 0.0128. The molecule has 0 aromatic carbocycles. The molecule has 2 unspecified atom stereocenters. The summed E-state index contributed by atoms with van der Waals surface area (Å²) in [6, 6.07) is 0. The van der Waals surface area contributed by atoms with E-state index in [1.807, 2.05) is 18.2 Å². The number of hydrogen-bond acceptors (Lipinski definition) is 11. The van der Waals surface area contributed by atoms with Gasteiger partial charge in [-0.1, -0.05) is 153 Å². The molecular formula is C40H74O14P2. The van der Waals surface area contributed by atoms with Crippen LogP contribution >= 0.6 is 15.6 Å². The summed E-state index contributed by atoms with van der Waals surface area (Å²) in [6.45, 7) is 1.52. The number of unbranched alkanes of at least 4 members (excludes halogenated alkanes) is 16. The molecule has 328 valence electrons. The summed E-state index contributed by atoms with van der Waals surface area (Å²) in [5.41, 5.74) is 0. The van der Waals surface area contributed by atoms with Gasteiger partial charge in [-0.05, 0) is 32.1 Å². The summed E-state index contributed by atoms with van der Waals surface area (Å²) in [7, 11) is -9.69. The van der Waals surface area contributed by atoms with Crippen LogP contribution in [0.25, 0.3) is 0 Å². The Bertz CT molecular complexity index is 1160. The highest BCUT2D eigenvalue weighted by atomic mass is 31.2. The van der Waals surface area contributed by atoms with Crippen molar-refractivity contribution in [2.45, 2.75) is 180 Å². The van der Waals surface area contributed by atoms with Crippen LogP contribution in [0.15, 0.2) is 36.5 Å². The van der Waals surface area contributed by atoms with Crippen molar-refractivity contribution < 1.29 is 66.7 Å². The Labute approximate surface area is 336 Å². The second-order valence-electron chi connectivity index (χ2n) is 14.1. The van der Waals surface area contributed by atoms with Crippen LogP contribution in [0.1, 0.15) is 162 Å². The predicted octanol–water partition coefficient (Wildman–Crippen LogP) is 9.09. The third-order valence-corrected chi connectivity index (χ3v) is 10.1. The normalized spacial score (nSPS) is 15.1. The Morgan fingerprint density at radius 1 is 0.589 bits per heavy atom. The summed E-state index contributed by atoms with van der Waals surface area (Å²) >= 11 is 0. The van der Waals surface area contributed by atoms with Gasteiger partial charge < -0.3 is 34.4 Å². The first kappa shape index (κ1) is 54.3. The zero-order valence-electron chi connectivity index (χ0n) is 34.1. The Morgan fingerprint density at radius 2 is 1.11 bits per heavy atom. The molecule has 0 aliphatic heterocycles. The van der Waals surface area contributed by atoms with Gasteiger partial charge in [-0.3, -0.25) is 23.2 Å². The summed E-state index contributed by atoms with van der Waals surface area (Å²) < 4.78 is 47.6. The number of ether oxygens (including phenoxy) is 2. The topological polar surface area (TPSA) is 216 Å². The molecule has 0 saturated carbocycles. The van der Waals surface area contributed by atoms with Gasteiger partial charge in [0.25, 0.3) is 0 Å². The molecular weight excluding hydrogens is 766 g/mol. The first-order valence-electron chi connectivity index (χ1n) is 20.8. The van der Waals surface area contributed by atoms with Gasteiger partial charge in [-0.25, -0.2) is 9.13 Å². The SMILES string of the molecule is CC/C=C/C/C=C/C=C/C(O)CCCCCCCC(=O)OC[C@H](COP(=O)(O)OC[C@@H](O)COP(=O)(O)O)OC(=O)CCCCCCCCCCCCCCC. The van der Waals surface area contributed by atoms with Crippen molar-refractivity contribution in [3.63, 3.8) is 0 Å². The van der Waals surface area contributed by atoms with Crippen LogP contribution in [-0.2, 0) is 41.8 Å². The number of esters is 2. The summed E-state index contributed by atoms with van der Waals surface area (Å²) in [5, 5.41) is 19.8. The lowest BCUT2D eigenvalue weighted by atomic mass is 10.0. The van der Waals surface area contributed by atoms with Crippen LogP contribution in [0.3, 0.4) is 0 Å². The average Bonchev–Trinajstić information content (AvgIpc) is 3.15. The monoisotopic (exact) mass is 840 g/mol. The molecule has 0 radical (unpaired) electrons. The summed E-state index contributed by atoms with van der Waals surface area (Å²) in [5.74, 6) is -1.11. The molecule has 0 aliphatic rings. The van der Waals surface area contributed by atoms with Crippen molar-refractivity contribution >= 4 is 27.6 Å². The summed E-state index contributed by atoms with van der Waals surface area (Å²) in [4.78, 5) is 52.6. The van der Waals surface area contributed by atoms with E-state index in [-0.39, 0.29) is 12.8 Å². The van der Waals surface area contributed by atoms with Crippen LogP contribution in [0.5, 0.6) is 0 Å². The minimum absolute atomic E-state index is 0.114. The average molecular weight is 841 g/mol. The number of aliphatic hydroxyl groups is 2. The van der Waals surface area contributed by atoms with Crippen LogP contribution < -0.4 is 0 Å². The molecule has 0 aromatic rings. The predicted molar refractivity (Wildman–Crippen MR) is 218 cm³/mol. The highest BCUT2D eigenvalue weighted by molar-refractivity contribution is 7.47. The van der Waals surface area contributed by atoms with Crippen molar-refractivity contribution in [2.24, 2.45) is 0 Å². The fourth-order valence-corrected chi connectivity index (χ4v) is 6.63. The number of phosphoric acid groups is 2. The van der Waals surface area contributed by atoms with Crippen molar-refractivity contribution in [1.29, 1.82) is 0 Å². The Morgan fingerprint density at radius 3 is 1.68 bits per heavy atom. The second-order valence-corrected chi connectivity index (χ2v) is 16.8. The van der Waals surface area contributed by atoms with Crippen LogP contribution in [0, 0.1) is 0 Å². The first-order chi connectivity index (χ1) is 26.8. The molecule has 0 aliphatic carbocycles. The minimum atomic E-state index is -4.87. The molecule has 0 rings (SSSR count). The zero-order valence-corrected chi connectivity index (χ0v) is 35.9. The van der Waals surface area contributed by atoms with E-state index >= 15 is 0 Å². The standard InChI is InChI=1S/C40H74O14P2/c1-3-5-7-9-11-12-13-14-15-16-18-22-27-31-40(44)54-38(35-53-56(48,49)52-33-37(42)32-51-55(45,46)47)34-50-39(43)30-26-23-19-21-25-29-36(41)28-24-20-17-10-8-6-4-2/h6,8,17,20,24,28,36-38,41-42H,3-5,7,9-16,18-19,21-23,25-27,29-35H2,1-2H3,(H,48,49)(H2,45,46,47)/b8-6+,20-17+,28-24+/t36?,37-,38+/m0/s1. The number of carbonyl (C=O) groups is 2. The molecule has 0 spiro atoms. The van der Waals surface area contributed by atoms with Gasteiger partial charge in [0.1, 0.15) is 12.7 Å². The smallest absolute Gasteiger partial charge is 0.462 e. The number of aliphatic hydroxyl groups excluding tert-OH is 2. The van der Waals surface area contributed by atoms with E-state index in [0.717, 1.165) is 57.8 Å². The zero-order chi connectivity index (χ0) is 41.8. The number of carbonyl (C=O) groups excluding carboxylic acids is 2. The van der Waals surface area contributed by atoms with E-state index < -0.39 is 72.3 Å². The number of phosphoric ester groups is 2. The second kappa shape index (κ2) is 36.4. The molecule has 0 aromatic heterocycles. The molecule has 5 N–H and O–H groups in total. The van der Waals surface area contributed by atoms with Gasteiger partial charge in [0, 0.05) is 12.8 Å². The molecule has 56 heavy (non-hydrogen) atoms. The molecule has 14 nitrogen and oxygen atoms in total. The number of hydrogen-bond donors (Lipinski definition) is 5. The van der Waals surface area contributed by atoms with Gasteiger partial charge >= 0.3 is 27.6 Å². The van der Waals surface area contributed by atoms with E-state index in [1.54, 1.807) is 6.08 Å². The van der Waals surface area contributed by atoms with Crippen molar-refractivity contribution in [2.75, 3.05) is 26.4 Å². The number of rotatable bonds is 39. The molecule has 0 fully saturated rings. The Balaban J connectivity index is 4.61. The maximum absolute atomic E-state index is 12.6. The summed E-state index contributed by atoms with van der Waals surface area (Å²) in [6.07, 6.45) is 30.2. The largest absolute Gasteiger partial charge is 0.472 e. The lowest BCUT2D eigenvalue weighted by Gasteiger charge is -2.20. The van der Waals surface area contributed by atoms with Gasteiger partial charge in [0.2, 0.25) is 0 Å². The van der Waals surface area contributed by atoms with E-state index in [1.165, 1.54) is 57.8 Å². The van der Waals surface area contributed by atoms with Crippen molar-refractivity contribution in [3.05, 3.63) is 36.5 Å². The minimum Gasteiger partial charge on any atom is -0.462 e. The van der Waals surface area contributed by atoms with E-state index in [2.05, 4.69) is 35.0 Å². The van der Waals surface area contributed by atoms with E-state index in [0.29, 0.717) is 19.3 Å². The first-order valence-corrected chi connectivity index (χ1v) is 23.8. The Hall–Kier alpha value is -1.70. The maximum Gasteiger partial charge on any atom is 0.472 e. The molecule has 0 bridgehead atoms. The molecule has 4 atom stereocenters. The lowest BCUT2D eigenvalue weighted by molar-refractivity contribution is -0.161. The highest BCUT2D eigenvalue weighted by Gasteiger charge is 2.28. The number of allylic oxidation sites excluding steroid dienone is 5. The fraction of sp³-hybridized carbons (Fsp3) is 0.800. The Kier molecular flexibility index (Phi) is 35.3. The molecule has 16 heteroatoms. The van der Waals surface area contributed by atoms with E-state index in [4.69, 9.17) is 23.8 Å². The van der Waals surface area contributed by atoms with Crippen molar-refractivity contribution in [1.82, 2.24) is 0 Å². The third-order valence-electron chi connectivity index (χ3n) is 8.64. The van der Waals surface area contributed by atoms with Gasteiger partial charge in [-0.2, -0.15) is 0 Å².